The monoisotopic (exact) mass is 438 g/mol. The Hall–Kier alpha value is -2.49. The van der Waals surface area contributed by atoms with Crippen LogP contribution in [0.15, 0.2) is 57.5 Å². The van der Waals surface area contributed by atoms with E-state index in [1.807, 2.05) is 35.7 Å². The molecule has 0 spiro atoms. The normalized spacial score (nSPS) is 15.6. The van der Waals surface area contributed by atoms with Crippen molar-refractivity contribution >= 4 is 23.1 Å². The van der Waals surface area contributed by atoms with Gasteiger partial charge in [0, 0.05) is 5.69 Å². The van der Waals surface area contributed by atoms with Crippen LogP contribution < -0.4 is 0 Å². The standard InChI is InChI=1S/C21H22N6OS2/c1-15(20-22-19(25-28-20)17-10-7-13-29-17)30-21-24-23-18(14-26-11-5-6-12-26)27(21)16-8-3-2-4-9-16/h2-4,7-10,13,15H,5-6,11-12,14H2,1H3. The molecule has 1 aromatic carbocycles. The number of aromatic nitrogens is 5. The van der Waals surface area contributed by atoms with Gasteiger partial charge in [0.25, 0.3) is 0 Å². The average molecular weight is 439 g/mol. The molecule has 1 atom stereocenters. The summed E-state index contributed by atoms with van der Waals surface area (Å²) < 4.78 is 7.69. The van der Waals surface area contributed by atoms with E-state index in [4.69, 9.17) is 4.52 Å². The molecule has 1 aliphatic rings. The van der Waals surface area contributed by atoms with E-state index in [9.17, 15) is 0 Å². The third kappa shape index (κ3) is 4.05. The minimum Gasteiger partial charge on any atom is -0.338 e. The van der Waals surface area contributed by atoms with Gasteiger partial charge in [-0.25, -0.2) is 0 Å². The Bertz CT molecular complexity index is 1090. The van der Waals surface area contributed by atoms with E-state index in [0.717, 1.165) is 41.2 Å². The summed E-state index contributed by atoms with van der Waals surface area (Å²) in [7, 11) is 0. The van der Waals surface area contributed by atoms with Crippen LogP contribution in [0, 0.1) is 0 Å². The third-order valence-corrected chi connectivity index (χ3v) is 6.99. The molecule has 0 amide bonds. The second kappa shape index (κ2) is 8.71. The van der Waals surface area contributed by atoms with Crippen molar-refractivity contribution in [1.82, 2.24) is 29.8 Å². The smallest absolute Gasteiger partial charge is 0.240 e. The molecule has 0 saturated carbocycles. The predicted octanol–water partition coefficient (Wildman–Crippen LogP) is 4.83. The van der Waals surface area contributed by atoms with Gasteiger partial charge in [-0.2, -0.15) is 4.98 Å². The van der Waals surface area contributed by atoms with Crippen molar-refractivity contribution < 1.29 is 4.52 Å². The van der Waals surface area contributed by atoms with Crippen LogP contribution >= 0.6 is 23.1 Å². The predicted molar refractivity (Wildman–Crippen MR) is 118 cm³/mol. The van der Waals surface area contributed by atoms with E-state index in [-0.39, 0.29) is 5.25 Å². The SMILES string of the molecule is CC(Sc1nnc(CN2CCCC2)n1-c1ccccc1)c1nc(-c2cccs2)no1. The minimum absolute atomic E-state index is 0.0440. The second-order valence-corrected chi connectivity index (χ2v) is 9.50. The summed E-state index contributed by atoms with van der Waals surface area (Å²) in [6, 6.07) is 14.3. The Morgan fingerprint density at radius 1 is 1.10 bits per heavy atom. The molecule has 1 unspecified atom stereocenters. The van der Waals surface area contributed by atoms with Gasteiger partial charge in [0.1, 0.15) is 0 Å². The number of hydrogen-bond acceptors (Lipinski definition) is 8. The molecule has 1 fully saturated rings. The Morgan fingerprint density at radius 3 is 2.70 bits per heavy atom. The fourth-order valence-corrected chi connectivity index (χ4v) is 5.14. The number of para-hydroxylation sites is 1. The van der Waals surface area contributed by atoms with Gasteiger partial charge in [0.05, 0.1) is 16.7 Å². The Morgan fingerprint density at radius 2 is 1.93 bits per heavy atom. The molecule has 4 aromatic rings. The van der Waals surface area contributed by atoms with Gasteiger partial charge in [-0.05, 0) is 56.4 Å². The number of hydrogen-bond donors (Lipinski definition) is 0. The highest BCUT2D eigenvalue weighted by molar-refractivity contribution is 7.99. The first-order valence-corrected chi connectivity index (χ1v) is 11.8. The lowest BCUT2D eigenvalue weighted by atomic mass is 10.3. The van der Waals surface area contributed by atoms with Crippen LogP contribution in [0.2, 0.25) is 0 Å². The molecule has 0 radical (unpaired) electrons. The van der Waals surface area contributed by atoms with E-state index in [2.05, 4.69) is 48.9 Å². The van der Waals surface area contributed by atoms with Crippen LogP contribution in [0.4, 0.5) is 0 Å². The maximum atomic E-state index is 5.54. The number of benzene rings is 1. The zero-order valence-corrected chi connectivity index (χ0v) is 18.3. The lowest BCUT2D eigenvalue weighted by molar-refractivity contribution is 0.319. The van der Waals surface area contributed by atoms with Gasteiger partial charge in [0.15, 0.2) is 11.0 Å². The molecule has 0 aliphatic carbocycles. The topological polar surface area (TPSA) is 72.9 Å². The van der Waals surface area contributed by atoms with E-state index >= 15 is 0 Å². The lowest BCUT2D eigenvalue weighted by Crippen LogP contribution is -2.21. The van der Waals surface area contributed by atoms with Crippen molar-refractivity contribution in [2.45, 2.75) is 36.7 Å². The van der Waals surface area contributed by atoms with Crippen LogP contribution in [0.3, 0.4) is 0 Å². The van der Waals surface area contributed by atoms with Gasteiger partial charge >= 0.3 is 0 Å². The first kappa shape index (κ1) is 19.5. The first-order chi connectivity index (χ1) is 14.8. The molecule has 154 valence electrons. The summed E-state index contributed by atoms with van der Waals surface area (Å²) in [5.74, 6) is 2.18. The summed E-state index contributed by atoms with van der Waals surface area (Å²) in [6.07, 6.45) is 2.50. The number of thiophene rings is 1. The lowest BCUT2D eigenvalue weighted by Gasteiger charge is -2.16. The second-order valence-electron chi connectivity index (χ2n) is 7.25. The van der Waals surface area contributed by atoms with Gasteiger partial charge in [-0.15, -0.1) is 21.5 Å². The highest BCUT2D eigenvalue weighted by Crippen LogP contribution is 2.36. The van der Waals surface area contributed by atoms with Crippen LogP contribution in [0.25, 0.3) is 16.4 Å². The molecule has 9 heteroatoms. The number of nitrogens with zero attached hydrogens (tertiary/aromatic N) is 6. The summed E-state index contributed by atoms with van der Waals surface area (Å²) in [5, 5.41) is 16.0. The Balaban J connectivity index is 1.41. The van der Waals surface area contributed by atoms with Crippen molar-refractivity contribution in [3.8, 4) is 16.4 Å². The first-order valence-electron chi connectivity index (χ1n) is 10.0. The summed E-state index contributed by atoms with van der Waals surface area (Å²) in [6.45, 7) is 5.10. The van der Waals surface area contributed by atoms with E-state index in [0.29, 0.717) is 11.7 Å². The van der Waals surface area contributed by atoms with Crippen LogP contribution in [-0.4, -0.2) is 42.9 Å². The number of likely N-dealkylation sites (tertiary alicyclic amines) is 1. The van der Waals surface area contributed by atoms with Gasteiger partial charge in [-0.3, -0.25) is 9.47 Å². The molecule has 1 aliphatic heterocycles. The molecule has 0 bridgehead atoms. The highest BCUT2D eigenvalue weighted by atomic mass is 32.2. The fourth-order valence-electron chi connectivity index (χ4n) is 3.57. The van der Waals surface area contributed by atoms with Crippen molar-refractivity contribution in [2.24, 2.45) is 0 Å². The summed E-state index contributed by atoms with van der Waals surface area (Å²) in [5.41, 5.74) is 1.07. The molecule has 3 aromatic heterocycles. The number of rotatable bonds is 7. The maximum absolute atomic E-state index is 5.54. The fraction of sp³-hybridized carbons (Fsp3) is 0.333. The van der Waals surface area contributed by atoms with Crippen LogP contribution in [0.5, 0.6) is 0 Å². The van der Waals surface area contributed by atoms with E-state index < -0.39 is 0 Å². The van der Waals surface area contributed by atoms with Gasteiger partial charge < -0.3 is 4.52 Å². The largest absolute Gasteiger partial charge is 0.338 e. The van der Waals surface area contributed by atoms with Crippen molar-refractivity contribution in [1.29, 1.82) is 0 Å². The zero-order valence-electron chi connectivity index (χ0n) is 16.6. The van der Waals surface area contributed by atoms with Crippen molar-refractivity contribution in [3.05, 3.63) is 59.6 Å². The summed E-state index contributed by atoms with van der Waals surface area (Å²) >= 11 is 3.19. The van der Waals surface area contributed by atoms with E-state index in [1.54, 1.807) is 23.1 Å². The van der Waals surface area contributed by atoms with Crippen molar-refractivity contribution in [2.75, 3.05) is 13.1 Å². The van der Waals surface area contributed by atoms with E-state index in [1.165, 1.54) is 12.8 Å². The highest BCUT2D eigenvalue weighted by Gasteiger charge is 2.23. The maximum Gasteiger partial charge on any atom is 0.240 e. The Kier molecular flexibility index (Phi) is 5.65. The molecule has 5 rings (SSSR count). The molecule has 7 nitrogen and oxygen atoms in total. The Labute approximate surface area is 183 Å². The van der Waals surface area contributed by atoms with Gasteiger partial charge in [-0.1, -0.05) is 41.2 Å². The van der Waals surface area contributed by atoms with Crippen molar-refractivity contribution in [3.63, 3.8) is 0 Å². The molecule has 1 saturated heterocycles. The molecule has 0 N–H and O–H groups in total. The van der Waals surface area contributed by atoms with Gasteiger partial charge in [0.2, 0.25) is 11.7 Å². The zero-order chi connectivity index (χ0) is 20.3. The van der Waals surface area contributed by atoms with Crippen LogP contribution in [0.1, 0.15) is 36.7 Å². The summed E-state index contributed by atoms with van der Waals surface area (Å²) in [4.78, 5) is 8.03. The quantitative estimate of drug-likeness (QED) is 0.383. The molecular formula is C21H22N6OS2. The molecule has 30 heavy (non-hydrogen) atoms. The van der Waals surface area contributed by atoms with Crippen LogP contribution in [-0.2, 0) is 6.54 Å². The molecule has 4 heterocycles. The molecular weight excluding hydrogens is 416 g/mol. The minimum atomic E-state index is -0.0440. The average Bonchev–Trinajstić information content (AvgIpc) is 3.56. The number of thioether (sulfide) groups is 1. The third-order valence-electron chi connectivity index (χ3n) is 5.09.